The maximum absolute atomic E-state index is 12.2. The Morgan fingerprint density at radius 3 is 2.59 bits per heavy atom. The molecular formula is C15H23ClN2O4. The molecule has 124 valence electrons. The van der Waals surface area contributed by atoms with E-state index in [-0.39, 0.29) is 24.9 Å². The molecule has 6 nitrogen and oxygen atoms in total. The number of hydrogen-bond donors (Lipinski definition) is 2. The number of aliphatic hydroxyl groups excluding tert-OH is 1. The lowest BCUT2D eigenvalue weighted by Gasteiger charge is -2.34. The minimum absolute atomic E-state index is 0. The van der Waals surface area contributed by atoms with Crippen molar-refractivity contribution in [2.45, 2.75) is 25.5 Å². The third-order valence-corrected chi connectivity index (χ3v) is 3.74. The fourth-order valence-electron chi connectivity index (χ4n) is 2.68. The summed E-state index contributed by atoms with van der Waals surface area (Å²) in [6, 6.07) is 3.56. The van der Waals surface area contributed by atoms with Gasteiger partial charge in [0, 0.05) is 24.1 Å². The van der Waals surface area contributed by atoms with Gasteiger partial charge in [0.15, 0.2) is 0 Å². The molecule has 1 aliphatic heterocycles. The molecule has 1 aromatic rings. The number of ether oxygens (including phenoxy) is 2. The number of β-amino-alcohol motifs (C(OH)–C–C–N with tert-alkyl or cyclic N) is 1. The highest BCUT2D eigenvalue weighted by molar-refractivity contribution is 5.85. The first-order chi connectivity index (χ1) is 10.1. The van der Waals surface area contributed by atoms with E-state index in [0.29, 0.717) is 43.0 Å². The summed E-state index contributed by atoms with van der Waals surface area (Å²) in [5.41, 5.74) is 6.95. The summed E-state index contributed by atoms with van der Waals surface area (Å²) in [6.45, 7) is 1.16. The molecule has 2 rings (SSSR count). The van der Waals surface area contributed by atoms with E-state index in [0.717, 1.165) is 5.56 Å². The molecule has 0 aromatic heterocycles. The highest BCUT2D eigenvalue weighted by Crippen LogP contribution is 2.39. The molecular weight excluding hydrogens is 308 g/mol. The van der Waals surface area contributed by atoms with Gasteiger partial charge in [0.25, 0.3) is 0 Å². The molecule has 1 aliphatic rings. The van der Waals surface area contributed by atoms with Gasteiger partial charge in [0.2, 0.25) is 5.91 Å². The van der Waals surface area contributed by atoms with Crippen LogP contribution in [0, 0.1) is 0 Å². The number of nitrogens with two attached hydrogens (primary N) is 1. The van der Waals surface area contributed by atoms with Gasteiger partial charge in [-0.25, -0.2) is 0 Å². The van der Waals surface area contributed by atoms with Gasteiger partial charge >= 0.3 is 0 Å². The summed E-state index contributed by atoms with van der Waals surface area (Å²) in [7, 11) is 3.14. The lowest BCUT2D eigenvalue weighted by atomic mass is 9.95. The molecule has 22 heavy (non-hydrogen) atoms. The maximum Gasteiger partial charge on any atom is 0.223 e. The van der Waals surface area contributed by atoms with Crippen LogP contribution in [-0.2, 0) is 11.3 Å². The molecule has 0 saturated heterocycles. The van der Waals surface area contributed by atoms with Crippen LogP contribution < -0.4 is 15.2 Å². The zero-order valence-corrected chi connectivity index (χ0v) is 13.7. The van der Waals surface area contributed by atoms with Gasteiger partial charge in [0.1, 0.15) is 17.6 Å². The fraction of sp³-hybridized carbons (Fsp3) is 0.533. The molecule has 1 atom stereocenters. The van der Waals surface area contributed by atoms with E-state index in [2.05, 4.69) is 0 Å². The summed E-state index contributed by atoms with van der Waals surface area (Å²) in [4.78, 5) is 13.8. The first-order valence-electron chi connectivity index (χ1n) is 7.02. The van der Waals surface area contributed by atoms with Crippen molar-refractivity contribution < 1.29 is 19.4 Å². The van der Waals surface area contributed by atoms with Crippen molar-refractivity contribution in [1.82, 2.24) is 4.90 Å². The van der Waals surface area contributed by atoms with Gasteiger partial charge in [0.05, 0.1) is 20.8 Å². The highest BCUT2D eigenvalue weighted by atomic mass is 35.5. The zero-order valence-electron chi connectivity index (χ0n) is 12.9. The van der Waals surface area contributed by atoms with Crippen molar-refractivity contribution >= 4 is 18.3 Å². The summed E-state index contributed by atoms with van der Waals surface area (Å²) >= 11 is 0. The van der Waals surface area contributed by atoms with Gasteiger partial charge in [-0.15, -0.1) is 12.4 Å². The van der Waals surface area contributed by atoms with E-state index >= 15 is 0 Å². The largest absolute Gasteiger partial charge is 0.496 e. The number of benzene rings is 1. The van der Waals surface area contributed by atoms with Gasteiger partial charge < -0.3 is 25.2 Å². The van der Waals surface area contributed by atoms with Crippen molar-refractivity contribution in [2.24, 2.45) is 5.73 Å². The van der Waals surface area contributed by atoms with E-state index in [1.54, 1.807) is 31.3 Å². The van der Waals surface area contributed by atoms with Crippen LogP contribution >= 0.6 is 12.4 Å². The molecule has 0 saturated carbocycles. The van der Waals surface area contributed by atoms with Crippen LogP contribution in [0.2, 0.25) is 0 Å². The molecule has 3 N–H and O–H groups in total. The Morgan fingerprint density at radius 2 is 2.00 bits per heavy atom. The number of amides is 1. The van der Waals surface area contributed by atoms with E-state index in [4.69, 9.17) is 15.2 Å². The number of rotatable bonds is 5. The topological polar surface area (TPSA) is 85.0 Å². The second kappa shape index (κ2) is 8.22. The van der Waals surface area contributed by atoms with Gasteiger partial charge in [-0.1, -0.05) is 0 Å². The number of halogens is 1. The van der Waals surface area contributed by atoms with Crippen LogP contribution in [0.5, 0.6) is 11.5 Å². The summed E-state index contributed by atoms with van der Waals surface area (Å²) < 4.78 is 10.7. The lowest BCUT2D eigenvalue weighted by Crippen LogP contribution is -2.38. The predicted molar refractivity (Wildman–Crippen MR) is 85.5 cm³/mol. The van der Waals surface area contributed by atoms with Crippen molar-refractivity contribution in [3.05, 3.63) is 23.3 Å². The lowest BCUT2D eigenvalue weighted by molar-refractivity contribution is -0.134. The smallest absolute Gasteiger partial charge is 0.223 e. The molecule has 1 heterocycles. The fourth-order valence-corrected chi connectivity index (χ4v) is 2.68. The van der Waals surface area contributed by atoms with Crippen molar-refractivity contribution in [2.75, 3.05) is 27.3 Å². The number of methoxy groups -OCH3 is 2. The summed E-state index contributed by atoms with van der Waals surface area (Å²) in [5, 5.41) is 10.4. The minimum Gasteiger partial charge on any atom is -0.496 e. The van der Waals surface area contributed by atoms with Gasteiger partial charge in [-0.2, -0.15) is 0 Å². The third kappa shape index (κ3) is 3.63. The Labute approximate surface area is 136 Å². The molecule has 1 aromatic carbocycles. The first kappa shape index (κ1) is 18.5. The molecule has 0 radical (unpaired) electrons. The Morgan fingerprint density at radius 1 is 1.36 bits per heavy atom. The molecule has 0 spiro atoms. The predicted octanol–water partition coefficient (Wildman–Crippen LogP) is 1.24. The Hall–Kier alpha value is -1.50. The van der Waals surface area contributed by atoms with Crippen molar-refractivity contribution in [3.63, 3.8) is 0 Å². The monoisotopic (exact) mass is 330 g/mol. The third-order valence-electron chi connectivity index (χ3n) is 3.74. The molecule has 0 aliphatic carbocycles. The number of fused-ring (bicyclic) bond motifs is 1. The first-order valence-corrected chi connectivity index (χ1v) is 7.02. The minimum atomic E-state index is -0.777. The van der Waals surface area contributed by atoms with Crippen LogP contribution in [0.1, 0.15) is 30.1 Å². The Bertz CT molecular complexity index is 525. The number of carbonyl (C=O) groups is 1. The van der Waals surface area contributed by atoms with E-state index < -0.39 is 6.10 Å². The quantitative estimate of drug-likeness (QED) is 0.848. The van der Waals surface area contributed by atoms with Gasteiger partial charge in [-0.3, -0.25) is 4.79 Å². The van der Waals surface area contributed by atoms with E-state index in [1.807, 2.05) is 0 Å². The average Bonchev–Trinajstić information content (AvgIpc) is 2.51. The van der Waals surface area contributed by atoms with Gasteiger partial charge in [-0.05, 0) is 25.1 Å². The SMILES string of the molecule is COc1ccc(OC)c2c1CN(C(=O)CCCN)CC2O.Cl. The number of hydrogen-bond acceptors (Lipinski definition) is 5. The molecule has 0 bridgehead atoms. The number of nitrogens with zero attached hydrogens (tertiary/aromatic N) is 1. The molecule has 7 heteroatoms. The number of carbonyl (C=O) groups excluding carboxylic acids is 1. The summed E-state index contributed by atoms with van der Waals surface area (Å²) in [6.07, 6.45) is 0.263. The van der Waals surface area contributed by atoms with Crippen molar-refractivity contribution in [3.8, 4) is 11.5 Å². The van der Waals surface area contributed by atoms with Crippen LogP contribution in [0.3, 0.4) is 0 Å². The zero-order chi connectivity index (χ0) is 15.4. The van der Waals surface area contributed by atoms with Crippen LogP contribution in [0.15, 0.2) is 12.1 Å². The second-order valence-electron chi connectivity index (χ2n) is 5.04. The molecule has 1 amide bonds. The van der Waals surface area contributed by atoms with Crippen LogP contribution in [0.4, 0.5) is 0 Å². The van der Waals surface area contributed by atoms with Crippen LogP contribution in [-0.4, -0.2) is 43.2 Å². The average molecular weight is 331 g/mol. The Balaban J connectivity index is 0.00000242. The van der Waals surface area contributed by atoms with E-state index in [1.165, 1.54) is 0 Å². The number of aliphatic hydroxyl groups is 1. The normalized spacial score (nSPS) is 16.5. The highest BCUT2D eigenvalue weighted by Gasteiger charge is 2.31. The van der Waals surface area contributed by atoms with Crippen LogP contribution in [0.25, 0.3) is 0 Å². The van der Waals surface area contributed by atoms with Crippen molar-refractivity contribution in [1.29, 1.82) is 0 Å². The maximum atomic E-state index is 12.2. The van der Waals surface area contributed by atoms with E-state index in [9.17, 15) is 9.90 Å². The second-order valence-corrected chi connectivity index (χ2v) is 5.04. The molecule has 0 fully saturated rings. The standard InChI is InChI=1S/C15H22N2O4.ClH/c1-20-12-5-6-13(21-2)15-10(12)8-17(9-11(15)18)14(19)4-3-7-16;/h5-6,11,18H,3-4,7-9,16H2,1-2H3;1H. The summed E-state index contributed by atoms with van der Waals surface area (Å²) in [5.74, 6) is 1.27. The Kier molecular flexibility index (Phi) is 6.93. The molecule has 1 unspecified atom stereocenters.